The zero-order valence-electron chi connectivity index (χ0n) is 10.9. The summed E-state index contributed by atoms with van der Waals surface area (Å²) < 4.78 is 1.32. The fourth-order valence-electron chi connectivity index (χ4n) is 2.28. The van der Waals surface area contributed by atoms with Gasteiger partial charge in [-0.05, 0) is 35.7 Å². The second-order valence-corrected chi connectivity index (χ2v) is 4.98. The zero-order chi connectivity index (χ0) is 15.0. The molecule has 0 saturated carbocycles. The van der Waals surface area contributed by atoms with Gasteiger partial charge in [0, 0.05) is 5.39 Å². The molecule has 21 heavy (non-hydrogen) atoms. The van der Waals surface area contributed by atoms with Crippen LogP contribution in [0.5, 0.6) is 0 Å². The molecular formula is C16H10ClN3O. The molecule has 4 nitrogen and oxygen atoms in total. The van der Waals surface area contributed by atoms with E-state index in [0.29, 0.717) is 21.7 Å². The molecule has 0 radical (unpaired) electrons. The van der Waals surface area contributed by atoms with Crippen molar-refractivity contribution < 1.29 is 0 Å². The maximum absolute atomic E-state index is 12.6. The molecule has 3 rings (SSSR count). The maximum Gasteiger partial charge on any atom is 0.264 e. The van der Waals surface area contributed by atoms with E-state index in [2.05, 4.69) is 0 Å². The Balaban J connectivity index is 2.41. The molecule has 0 aliphatic heterocycles. The fraction of sp³-hybridized carbons (Fsp3) is 0. The normalized spacial score (nSPS) is 10.5. The van der Waals surface area contributed by atoms with Gasteiger partial charge in [0.05, 0.1) is 22.3 Å². The average Bonchev–Trinajstić information content (AvgIpc) is 2.49. The van der Waals surface area contributed by atoms with E-state index >= 15 is 0 Å². The van der Waals surface area contributed by atoms with Crippen LogP contribution in [0.3, 0.4) is 0 Å². The van der Waals surface area contributed by atoms with Crippen LogP contribution >= 0.6 is 11.6 Å². The molecule has 0 unspecified atom stereocenters. The van der Waals surface area contributed by atoms with Crippen molar-refractivity contribution in [1.29, 1.82) is 5.26 Å². The second kappa shape index (κ2) is 4.97. The van der Waals surface area contributed by atoms with Crippen LogP contribution in [-0.4, -0.2) is 4.57 Å². The summed E-state index contributed by atoms with van der Waals surface area (Å²) >= 11 is 6.16. The molecule has 1 heterocycles. The number of halogens is 1. The number of nitrogen functional groups attached to an aromatic ring is 1. The van der Waals surface area contributed by atoms with E-state index in [1.54, 1.807) is 36.4 Å². The molecule has 5 heteroatoms. The number of nitriles is 1. The minimum absolute atomic E-state index is 0.261. The highest BCUT2D eigenvalue weighted by atomic mass is 35.5. The number of fused-ring (bicyclic) bond motifs is 1. The number of benzene rings is 2. The van der Waals surface area contributed by atoms with Gasteiger partial charge >= 0.3 is 0 Å². The maximum atomic E-state index is 12.6. The predicted molar refractivity (Wildman–Crippen MR) is 83.7 cm³/mol. The third-order valence-corrected chi connectivity index (χ3v) is 3.59. The van der Waals surface area contributed by atoms with Crippen LogP contribution in [-0.2, 0) is 0 Å². The van der Waals surface area contributed by atoms with Gasteiger partial charge in [-0.25, -0.2) is 0 Å². The van der Waals surface area contributed by atoms with Gasteiger partial charge in [0.15, 0.2) is 0 Å². The van der Waals surface area contributed by atoms with Crippen LogP contribution in [0.4, 0.5) is 5.82 Å². The van der Waals surface area contributed by atoms with E-state index in [4.69, 9.17) is 22.6 Å². The summed E-state index contributed by atoms with van der Waals surface area (Å²) in [6.07, 6.45) is 0. The van der Waals surface area contributed by atoms with Gasteiger partial charge in [0.25, 0.3) is 5.56 Å². The van der Waals surface area contributed by atoms with Crippen LogP contribution in [0.1, 0.15) is 5.56 Å². The van der Waals surface area contributed by atoms with Crippen LogP contribution in [0.25, 0.3) is 16.5 Å². The molecule has 0 aliphatic rings. The topological polar surface area (TPSA) is 71.8 Å². The highest BCUT2D eigenvalue weighted by Crippen LogP contribution is 2.24. The average molecular weight is 296 g/mol. The summed E-state index contributed by atoms with van der Waals surface area (Å²) in [6, 6.07) is 15.6. The molecule has 0 amide bonds. The van der Waals surface area contributed by atoms with E-state index in [-0.39, 0.29) is 11.4 Å². The number of hydrogen-bond donors (Lipinski definition) is 1. The SMILES string of the molecule is N#Cc1ccc(Cl)c(-n2c(N)cc3ccccc3c2=O)c1. The van der Waals surface area contributed by atoms with Gasteiger partial charge in [-0.2, -0.15) is 5.26 Å². The van der Waals surface area contributed by atoms with Crippen molar-refractivity contribution in [2.75, 3.05) is 5.73 Å². The van der Waals surface area contributed by atoms with Crippen molar-refractivity contribution in [3.63, 3.8) is 0 Å². The fourth-order valence-corrected chi connectivity index (χ4v) is 2.48. The number of rotatable bonds is 1. The first-order valence-electron chi connectivity index (χ1n) is 6.22. The van der Waals surface area contributed by atoms with Crippen LogP contribution < -0.4 is 11.3 Å². The van der Waals surface area contributed by atoms with Crippen LogP contribution in [0.2, 0.25) is 5.02 Å². The van der Waals surface area contributed by atoms with Gasteiger partial charge in [-0.1, -0.05) is 29.8 Å². The smallest absolute Gasteiger partial charge is 0.264 e. The number of nitrogens with two attached hydrogens (primary N) is 1. The molecule has 0 fully saturated rings. The third-order valence-electron chi connectivity index (χ3n) is 3.27. The van der Waals surface area contributed by atoms with Gasteiger partial charge in [-0.15, -0.1) is 0 Å². The monoisotopic (exact) mass is 295 g/mol. The highest BCUT2D eigenvalue weighted by Gasteiger charge is 2.12. The zero-order valence-corrected chi connectivity index (χ0v) is 11.6. The summed E-state index contributed by atoms with van der Waals surface area (Å²) in [5.41, 5.74) is 6.56. The molecule has 0 aliphatic carbocycles. The first kappa shape index (κ1) is 13.2. The molecule has 0 saturated heterocycles. The molecule has 2 aromatic carbocycles. The summed E-state index contributed by atoms with van der Waals surface area (Å²) in [5, 5.41) is 10.7. The molecular weight excluding hydrogens is 286 g/mol. The summed E-state index contributed by atoms with van der Waals surface area (Å²) in [5.74, 6) is 0.274. The third kappa shape index (κ3) is 2.14. The molecule has 0 atom stereocenters. The van der Waals surface area contributed by atoms with E-state index < -0.39 is 0 Å². The number of pyridine rings is 1. The minimum Gasteiger partial charge on any atom is -0.385 e. The number of anilines is 1. The van der Waals surface area contributed by atoms with Crippen molar-refractivity contribution >= 4 is 28.2 Å². The lowest BCUT2D eigenvalue weighted by Crippen LogP contribution is -2.21. The first-order chi connectivity index (χ1) is 10.1. The Morgan fingerprint density at radius 1 is 1.14 bits per heavy atom. The van der Waals surface area contributed by atoms with Crippen LogP contribution in [0.15, 0.2) is 53.3 Å². The van der Waals surface area contributed by atoms with Crippen molar-refractivity contribution in [3.05, 3.63) is 69.5 Å². The van der Waals surface area contributed by atoms with E-state index in [0.717, 1.165) is 5.39 Å². The minimum atomic E-state index is -0.261. The predicted octanol–water partition coefficient (Wildman–Crippen LogP) is 3.10. The second-order valence-electron chi connectivity index (χ2n) is 4.58. The first-order valence-corrected chi connectivity index (χ1v) is 6.60. The Morgan fingerprint density at radius 3 is 2.67 bits per heavy atom. The molecule has 2 N–H and O–H groups in total. The summed E-state index contributed by atoms with van der Waals surface area (Å²) in [7, 11) is 0. The Labute approximate surface area is 125 Å². The van der Waals surface area contributed by atoms with E-state index in [9.17, 15) is 4.79 Å². The van der Waals surface area contributed by atoms with Crippen molar-refractivity contribution in [2.45, 2.75) is 0 Å². The van der Waals surface area contributed by atoms with Gasteiger partial charge in [0.1, 0.15) is 5.82 Å². The summed E-state index contributed by atoms with van der Waals surface area (Å²) in [6.45, 7) is 0. The van der Waals surface area contributed by atoms with Crippen molar-refractivity contribution in [2.24, 2.45) is 0 Å². The number of nitrogens with zero attached hydrogens (tertiary/aromatic N) is 2. The lowest BCUT2D eigenvalue weighted by atomic mass is 10.1. The molecule has 3 aromatic rings. The van der Waals surface area contributed by atoms with Crippen LogP contribution in [0, 0.1) is 11.3 Å². The molecule has 0 bridgehead atoms. The van der Waals surface area contributed by atoms with Gasteiger partial charge < -0.3 is 5.73 Å². The molecule has 102 valence electrons. The Morgan fingerprint density at radius 2 is 1.90 bits per heavy atom. The van der Waals surface area contributed by atoms with E-state index in [1.807, 2.05) is 18.2 Å². The number of aromatic nitrogens is 1. The van der Waals surface area contributed by atoms with Gasteiger partial charge in [0.2, 0.25) is 0 Å². The van der Waals surface area contributed by atoms with E-state index in [1.165, 1.54) is 4.57 Å². The van der Waals surface area contributed by atoms with Crippen molar-refractivity contribution in [1.82, 2.24) is 4.57 Å². The lowest BCUT2D eigenvalue weighted by Gasteiger charge is -2.13. The van der Waals surface area contributed by atoms with Crippen molar-refractivity contribution in [3.8, 4) is 11.8 Å². The Hall–Kier alpha value is -2.77. The standard InChI is InChI=1S/C16H10ClN3O/c17-13-6-5-10(9-18)7-14(13)20-15(19)8-11-3-1-2-4-12(11)16(20)21/h1-8H,19H2. The Bertz CT molecular complexity index is 954. The Kier molecular flexibility index (Phi) is 3.13. The number of hydrogen-bond acceptors (Lipinski definition) is 3. The highest BCUT2D eigenvalue weighted by molar-refractivity contribution is 6.32. The quantitative estimate of drug-likeness (QED) is 0.750. The molecule has 1 aromatic heterocycles. The largest absolute Gasteiger partial charge is 0.385 e. The summed E-state index contributed by atoms with van der Waals surface area (Å²) in [4.78, 5) is 12.6. The lowest BCUT2D eigenvalue weighted by molar-refractivity contribution is 1.02. The molecule has 0 spiro atoms. The van der Waals surface area contributed by atoms with Gasteiger partial charge in [-0.3, -0.25) is 9.36 Å².